The van der Waals surface area contributed by atoms with E-state index >= 15 is 0 Å². The Morgan fingerprint density at radius 2 is 1.93 bits per heavy atom. The van der Waals surface area contributed by atoms with Crippen molar-refractivity contribution in [3.8, 4) is 0 Å². The maximum atomic E-state index is 12.9. The first kappa shape index (κ1) is 20.2. The maximum Gasteiger partial charge on any atom is 0.417 e. The summed E-state index contributed by atoms with van der Waals surface area (Å²) in [5, 5.41) is 0. The number of alkyl halides is 3. The van der Waals surface area contributed by atoms with Crippen molar-refractivity contribution in [1.29, 1.82) is 0 Å². The standard InChI is InChI=1S/C20H21F3N4O3/c21-20(22,23)15-3-4-17(24-11-15)25-5-7-26(8-6-25)19(29)14-10-18(28)27(12-14)13-16-2-1-9-30-16/h1-4,9,11,14H,5-8,10,12-13H2/t14-/m0/s1. The molecule has 2 amide bonds. The number of nitrogens with zero attached hydrogens (tertiary/aromatic N) is 4. The smallest absolute Gasteiger partial charge is 0.417 e. The molecule has 2 aromatic rings. The number of carbonyl (C=O) groups is 2. The molecule has 0 spiro atoms. The van der Waals surface area contributed by atoms with Gasteiger partial charge in [-0.3, -0.25) is 9.59 Å². The number of hydrogen-bond acceptors (Lipinski definition) is 5. The van der Waals surface area contributed by atoms with Crippen LogP contribution in [0, 0.1) is 5.92 Å². The highest BCUT2D eigenvalue weighted by molar-refractivity contribution is 5.89. The fourth-order valence-corrected chi connectivity index (χ4v) is 3.84. The summed E-state index contributed by atoms with van der Waals surface area (Å²) in [6.07, 6.45) is -1.87. The third kappa shape index (κ3) is 4.27. The molecule has 2 saturated heterocycles. The van der Waals surface area contributed by atoms with Crippen LogP contribution in [0.1, 0.15) is 17.7 Å². The van der Waals surface area contributed by atoms with Crippen LogP contribution < -0.4 is 4.90 Å². The molecule has 4 rings (SSSR count). The van der Waals surface area contributed by atoms with Gasteiger partial charge in [0.25, 0.3) is 0 Å². The molecule has 2 fully saturated rings. The molecule has 1 atom stereocenters. The Bertz CT molecular complexity index is 891. The summed E-state index contributed by atoms with van der Waals surface area (Å²) in [4.78, 5) is 34.2. The zero-order valence-electron chi connectivity index (χ0n) is 16.1. The van der Waals surface area contributed by atoms with Crippen molar-refractivity contribution in [2.75, 3.05) is 37.6 Å². The van der Waals surface area contributed by atoms with Gasteiger partial charge in [0.2, 0.25) is 11.8 Å². The first-order valence-electron chi connectivity index (χ1n) is 9.68. The summed E-state index contributed by atoms with van der Waals surface area (Å²) in [6, 6.07) is 5.90. The third-order valence-corrected chi connectivity index (χ3v) is 5.48. The Balaban J connectivity index is 1.31. The van der Waals surface area contributed by atoms with Gasteiger partial charge in [0.05, 0.1) is 24.3 Å². The number of piperazine rings is 1. The molecule has 0 radical (unpaired) electrons. The molecule has 2 aliphatic rings. The van der Waals surface area contributed by atoms with E-state index in [1.165, 1.54) is 6.07 Å². The molecule has 10 heteroatoms. The highest BCUT2D eigenvalue weighted by Gasteiger charge is 2.37. The average Bonchev–Trinajstić information content (AvgIpc) is 3.37. The molecule has 0 N–H and O–H groups in total. The molecule has 0 aromatic carbocycles. The minimum Gasteiger partial charge on any atom is -0.467 e. The van der Waals surface area contributed by atoms with Crippen molar-refractivity contribution in [2.24, 2.45) is 5.92 Å². The van der Waals surface area contributed by atoms with Crippen LogP contribution in [0.3, 0.4) is 0 Å². The highest BCUT2D eigenvalue weighted by atomic mass is 19.4. The van der Waals surface area contributed by atoms with Crippen molar-refractivity contribution in [1.82, 2.24) is 14.8 Å². The monoisotopic (exact) mass is 422 g/mol. The van der Waals surface area contributed by atoms with Crippen LogP contribution in [0.4, 0.5) is 19.0 Å². The van der Waals surface area contributed by atoms with E-state index in [4.69, 9.17) is 4.42 Å². The second kappa shape index (κ2) is 8.00. The molecule has 160 valence electrons. The van der Waals surface area contributed by atoms with Gasteiger partial charge in [0.15, 0.2) is 0 Å². The summed E-state index contributed by atoms with van der Waals surface area (Å²) in [7, 11) is 0. The Hall–Kier alpha value is -3.04. The van der Waals surface area contributed by atoms with E-state index in [2.05, 4.69) is 4.98 Å². The number of pyridine rings is 1. The molecule has 30 heavy (non-hydrogen) atoms. The Kier molecular flexibility index (Phi) is 5.40. The minimum atomic E-state index is -4.42. The Morgan fingerprint density at radius 1 is 1.17 bits per heavy atom. The van der Waals surface area contributed by atoms with Gasteiger partial charge < -0.3 is 19.1 Å². The lowest BCUT2D eigenvalue weighted by molar-refractivity contribution is -0.138. The van der Waals surface area contributed by atoms with E-state index < -0.39 is 11.7 Å². The molecule has 2 aromatic heterocycles. The number of carbonyl (C=O) groups excluding carboxylic acids is 2. The average molecular weight is 422 g/mol. The lowest BCUT2D eigenvalue weighted by Crippen LogP contribution is -2.51. The fraction of sp³-hybridized carbons (Fsp3) is 0.450. The molecular weight excluding hydrogens is 401 g/mol. The van der Waals surface area contributed by atoms with Gasteiger partial charge in [-0.2, -0.15) is 13.2 Å². The first-order valence-corrected chi connectivity index (χ1v) is 9.68. The van der Waals surface area contributed by atoms with Crippen molar-refractivity contribution in [3.63, 3.8) is 0 Å². The predicted molar refractivity (Wildman–Crippen MR) is 100 cm³/mol. The van der Waals surface area contributed by atoms with Gasteiger partial charge >= 0.3 is 6.18 Å². The zero-order chi connectivity index (χ0) is 21.3. The summed E-state index contributed by atoms with van der Waals surface area (Å²) >= 11 is 0. The molecule has 0 unspecified atom stereocenters. The highest BCUT2D eigenvalue weighted by Crippen LogP contribution is 2.29. The largest absolute Gasteiger partial charge is 0.467 e. The topological polar surface area (TPSA) is 69.9 Å². The second-order valence-corrected chi connectivity index (χ2v) is 7.47. The van der Waals surface area contributed by atoms with Gasteiger partial charge in [-0.15, -0.1) is 0 Å². The van der Waals surface area contributed by atoms with Crippen LogP contribution in [-0.2, 0) is 22.3 Å². The first-order chi connectivity index (χ1) is 14.3. The van der Waals surface area contributed by atoms with Crippen molar-refractivity contribution < 1.29 is 27.2 Å². The lowest BCUT2D eigenvalue weighted by atomic mass is 10.1. The van der Waals surface area contributed by atoms with E-state index in [-0.39, 0.29) is 24.2 Å². The quantitative estimate of drug-likeness (QED) is 0.757. The number of halogens is 3. The van der Waals surface area contributed by atoms with Gasteiger partial charge in [0, 0.05) is 45.3 Å². The van der Waals surface area contributed by atoms with E-state index in [0.29, 0.717) is 50.8 Å². The number of anilines is 1. The molecule has 0 aliphatic carbocycles. The number of hydrogen-bond donors (Lipinski definition) is 0. The molecule has 4 heterocycles. The summed E-state index contributed by atoms with van der Waals surface area (Å²) in [6.45, 7) is 2.53. The van der Waals surface area contributed by atoms with Crippen molar-refractivity contribution in [2.45, 2.75) is 19.1 Å². The van der Waals surface area contributed by atoms with Crippen molar-refractivity contribution >= 4 is 17.6 Å². The zero-order valence-corrected chi connectivity index (χ0v) is 16.1. The van der Waals surface area contributed by atoms with Crippen LogP contribution in [0.2, 0.25) is 0 Å². The molecule has 7 nitrogen and oxygen atoms in total. The number of aromatic nitrogens is 1. The van der Waals surface area contributed by atoms with Gasteiger partial charge in [-0.1, -0.05) is 0 Å². The second-order valence-electron chi connectivity index (χ2n) is 7.47. The number of rotatable bonds is 4. The van der Waals surface area contributed by atoms with Crippen LogP contribution in [0.25, 0.3) is 0 Å². The summed E-state index contributed by atoms with van der Waals surface area (Å²) in [5.74, 6) is 0.607. The molecular formula is C20H21F3N4O3. The van der Waals surface area contributed by atoms with Crippen LogP contribution >= 0.6 is 0 Å². The van der Waals surface area contributed by atoms with Gasteiger partial charge in [-0.05, 0) is 24.3 Å². The number of likely N-dealkylation sites (tertiary alicyclic amines) is 1. The lowest BCUT2D eigenvalue weighted by Gasteiger charge is -2.36. The maximum absolute atomic E-state index is 12.9. The number of amides is 2. The summed E-state index contributed by atoms with van der Waals surface area (Å²) in [5.41, 5.74) is -0.787. The molecule has 0 saturated carbocycles. The Labute approximate surface area is 171 Å². The minimum absolute atomic E-state index is 0.0645. The predicted octanol–water partition coefficient (Wildman–Crippen LogP) is 2.39. The van der Waals surface area contributed by atoms with Crippen LogP contribution in [0.5, 0.6) is 0 Å². The van der Waals surface area contributed by atoms with E-state index in [0.717, 1.165) is 12.3 Å². The van der Waals surface area contributed by atoms with Gasteiger partial charge in [0.1, 0.15) is 11.6 Å². The van der Waals surface area contributed by atoms with Gasteiger partial charge in [-0.25, -0.2) is 4.98 Å². The van der Waals surface area contributed by atoms with Crippen LogP contribution in [0.15, 0.2) is 41.1 Å². The van der Waals surface area contributed by atoms with E-state index in [9.17, 15) is 22.8 Å². The number of furan rings is 1. The third-order valence-electron chi connectivity index (χ3n) is 5.48. The summed E-state index contributed by atoms with van der Waals surface area (Å²) < 4.78 is 43.3. The van der Waals surface area contributed by atoms with E-state index in [1.807, 2.05) is 4.90 Å². The fourth-order valence-electron chi connectivity index (χ4n) is 3.84. The van der Waals surface area contributed by atoms with Crippen LogP contribution in [-0.4, -0.2) is 59.3 Å². The molecule has 2 aliphatic heterocycles. The molecule has 0 bridgehead atoms. The van der Waals surface area contributed by atoms with E-state index in [1.54, 1.807) is 28.2 Å². The SMILES string of the molecule is O=C1C[C@H](C(=O)N2CCN(c3ccc(C(F)(F)F)cn3)CC2)CN1Cc1ccco1. The normalized spacial score (nSPS) is 20.2. The Morgan fingerprint density at radius 3 is 2.53 bits per heavy atom. The van der Waals surface area contributed by atoms with Crippen molar-refractivity contribution in [3.05, 3.63) is 48.0 Å².